The summed E-state index contributed by atoms with van der Waals surface area (Å²) in [7, 11) is 1.99. The molecule has 3 heteroatoms. The Morgan fingerprint density at radius 3 is 2.67 bits per heavy atom. The first-order valence-corrected chi connectivity index (χ1v) is 3.74. The molecule has 0 saturated carbocycles. The zero-order valence-electron chi connectivity index (χ0n) is 5.50. The number of hydrogen-bond donors (Lipinski definition) is 0. The normalized spacial score (nSPS) is 13.7. The SMILES string of the molecule is C[C@H](Br)c1nccn1C. The van der Waals surface area contributed by atoms with E-state index >= 15 is 0 Å². The highest BCUT2D eigenvalue weighted by Gasteiger charge is 2.03. The van der Waals surface area contributed by atoms with Crippen LogP contribution in [0.15, 0.2) is 12.4 Å². The van der Waals surface area contributed by atoms with Crippen LogP contribution in [-0.2, 0) is 7.05 Å². The zero-order valence-corrected chi connectivity index (χ0v) is 7.09. The molecule has 0 aliphatic rings. The summed E-state index contributed by atoms with van der Waals surface area (Å²) in [5.41, 5.74) is 0. The van der Waals surface area contributed by atoms with E-state index in [-0.39, 0.29) is 0 Å². The predicted octanol–water partition coefficient (Wildman–Crippen LogP) is 1.88. The highest BCUT2D eigenvalue weighted by atomic mass is 79.9. The molecule has 0 aliphatic carbocycles. The molecule has 1 rings (SSSR count). The smallest absolute Gasteiger partial charge is 0.121 e. The molecular formula is C6H9BrN2. The van der Waals surface area contributed by atoms with Crippen molar-refractivity contribution in [2.75, 3.05) is 0 Å². The predicted molar refractivity (Wildman–Crippen MR) is 40.6 cm³/mol. The Kier molecular flexibility index (Phi) is 1.90. The molecule has 1 heterocycles. The number of alkyl halides is 1. The van der Waals surface area contributed by atoms with Gasteiger partial charge in [-0.05, 0) is 6.92 Å². The number of rotatable bonds is 1. The van der Waals surface area contributed by atoms with E-state index in [1.165, 1.54) is 0 Å². The third kappa shape index (κ3) is 1.33. The third-order valence-corrected chi connectivity index (χ3v) is 1.62. The number of hydrogen-bond acceptors (Lipinski definition) is 1. The standard InChI is InChI=1S/C6H9BrN2/c1-5(7)6-8-3-4-9(6)2/h3-5H,1-2H3/t5-/m0/s1. The average Bonchev–Trinajstić information content (AvgIpc) is 2.13. The van der Waals surface area contributed by atoms with Gasteiger partial charge in [0.05, 0.1) is 4.83 Å². The maximum atomic E-state index is 4.13. The lowest BCUT2D eigenvalue weighted by atomic mass is 10.5. The van der Waals surface area contributed by atoms with E-state index in [2.05, 4.69) is 27.8 Å². The molecule has 2 nitrogen and oxygen atoms in total. The minimum absolute atomic E-state index is 0.345. The number of aromatic nitrogens is 2. The summed E-state index contributed by atoms with van der Waals surface area (Å²) in [4.78, 5) is 4.48. The summed E-state index contributed by atoms with van der Waals surface area (Å²) in [5.74, 6) is 1.06. The summed E-state index contributed by atoms with van der Waals surface area (Å²) in [6.07, 6.45) is 3.74. The van der Waals surface area contributed by atoms with E-state index in [4.69, 9.17) is 0 Å². The van der Waals surface area contributed by atoms with Crippen molar-refractivity contribution in [2.45, 2.75) is 11.8 Å². The van der Waals surface area contributed by atoms with Crippen LogP contribution in [0.2, 0.25) is 0 Å². The van der Waals surface area contributed by atoms with Gasteiger partial charge in [-0.3, -0.25) is 0 Å². The number of imidazole rings is 1. The first kappa shape index (κ1) is 6.81. The van der Waals surface area contributed by atoms with Gasteiger partial charge in [0.15, 0.2) is 0 Å². The van der Waals surface area contributed by atoms with Crippen molar-refractivity contribution in [1.82, 2.24) is 9.55 Å². The Bertz CT molecular complexity index is 193. The van der Waals surface area contributed by atoms with E-state index < -0.39 is 0 Å². The fourth-order valence-electron chi connectivity index (χ4n) is 0.760. The van der Waals surface area contributed by atoms with Gasteiger partial charge in [0.25, 0.3) is 0 Å². The van der Waals surface area contributed by atoms with Crippen LogP contribution in [0.25, 0.3) is 0 Å². The highest BCUT2D eigenvalue weighted by Crippen LogP contribution is 2.17. The molecule has 0 N–H and O–H groups in total. The van der Waals surface area contributed by atoms with Crippen molar-refractivity contribution in [3.8, 4) is 0 Å². The van der Waals surface area contributed by atoms with Crippen molar-refractivity contribution in [3.05, 3.63) is 18.2 Å². The maximum Gasteiger partial charge on any atom is 0.121 e. The number of nitrogens with zero attached hydrogens (tertiary/aromatic N) is 2. The van der Waals surface area contributed by atoms with Crippen LogP contribution in [0.3, 0.4) is 0 Å². The van der Waals surface area contributed by atoms with Crippen molar-refractivity contribution in [1.29, 1.82) is 0 Å². The second-order valence-corrected chi connectivity index (χ2v) is 3.39. The summed E-state index contributed by atoms with van der Waals surface area (Å²) in [6.45, 7) is 2.06. The number of halogens is 1. The lowest BCUT2D eigenvalue weighted by Crippen LogP contribution is -1.95. The second-order valence-electron chi connectivity index (χ2n) is 2.01. The minimum atomic E-state index is 0.345. The molecular weight excluding hydrogens is 180 g/mol. The Morgan fingerprint density at radius 2 is 2.44 bits per heavy atom. The van der Waals surface area contributed by atoms with Crippen molar-refractivity contribution in [2.24, 2.45) is 7.05 Å². The second kappa shape index (κ2) is 2.52. The zero-order chi connectivity index (χ0) is 6.85. The van der Waals surface area contributed by atoms with E-state index in [0.29, 0.717) is 4.83 Å². The number of aryl methyl sites for hydroxylation is 1. The fourth-order valence-corrected chi connectivity index (χ4v) is 1.20. The molecule has 1 atom stereocenters. The van der Waals surface area contributed by atoms with Gasteiger partial charge in [-0.25, -0.2) is 4.98 Å². The van der Waals surface area contributed by atoms with E-state index in [1.807, 2.05) is 17.8 Å². The lowest BCUT2D eigenvalue weighted by Gasteiger charge is -2.00. The van der Waals surface area contributed by atoms with Crippen LogP contribution in [0.4, 0.5) is 0 Å². The molecule has 0 unspecified atom stereocenters. The molecule has 9 heavy (non-hydrogen) atoms. The van der Waals surface area contributed by atoms with Crippen molar-refractivity contribution >= 4 is 15.9 Å². The van der Waals surface area contributed by atoms with E-state index in [0.717, 1.165) is 5.82 Å². The Labute approximate surface area is 63.0 Å². The molecule has 50 valence electrons. The van der Waals surface area contributed by atoms with Crippen molar-refractivity contribution < 1.29 is 0 Å². The molecule has 1 aromatic heterocycles. The molecule has 0 saturated heterocycles. The third-order valence-electron chi connectivity index (χ3n) is 1.21. The maximum absolute atomic E-state index is 4.13. The Morgan fingerprint density at radius 1 is 1.78 bits per heavy atom. The molecule has 1 aromatic rings. The highest BCUT2D eigenvalue weighted by molar-refractivity contribution is 9.09. The van der Waals surface area contributed by atoms with Crippen LogP contribution in [-0.4, -0.2) is 9.55 Å². The molecule has 0 radical (unpaired) electrons. The summed E-state index contributed by atoms with van der Waals surface area (Å²) in [5, 5.41) is 0. The van der Waals surface area contributed by atoms with Crippen LogP contribution in [0.5, 0.6) is 0 Å². The quantitative estimate of drug-likeness (QED) is 0.616. The van der Waals surface area contributed by atoms with Gasteiger partial charge < -0.3 is 4.57 Å². The molecule has 0 spiro atoms. The van der Waals surface area contributed by atoms with Gasteiger partial charge in [0.1, 0.15) is 5.82 Å². The van der Waals surface area contributed by atoms with Crippen LogP contribution in [0, 0.1) is 0 Å². The first-order chi connectivity index (χ1) is 4.22. The topological polar surface area (TPSA) is 17.8 Å². The first-order valence-electron chi connectivity index (χ1n) is 2.83. The summed E-state index contributed by atoms with van der Waals surface area (Å²) in [6, 6.07) is 0. The van der Waals surface area contributed by atoms with Gasteiger partial charge in [-0.1, -0.05) is 15.9 Å². The van der Waals surface area contributed by atoms with Gasteiger partial charge in [0.2, 0.25) is 0 Å². The largest absolute Gasteiger partial charge is 0.337 e. The van der Waals surface area contributed by atoms with Gasteiger partial charge in [-0.15, -0.1) is 0 Å². The summed E-state index contributed by atoms with van der Waals surface area (Å²) < 4.78 is 2.00. The van der Waals surface area contributed by atoms with Gasteiger partial charge in [0, 0.05) is 19.4 Å². The molecule has 0 amide bonds. The average molecular weight is 189 g/mol. The molecule has 0 fully saturated rings. The van der Waals surface area contributed by atoms with Crippen LogP contribution >= 0.6 is 15.9 Å². The van der Waals surface area contributed by atoms with Crippen LogP contribution < -0.4 is 0 Å². The lowest BCUT2D eigenvalue weighted by molar-refractivity contribution is 0.804. The Balaban J connectivity index is 2.94. The van der Waals surface area contributed by atoms with Gasteiger partial charge in [-0.2, -0.15) is 0 Å². The van der Waals surface area contributed by atoms with Crippen LogP contribution in [0.1, 0.15) is 17.6 Å². The fraction of sp³-hybridized carbons (Fsp3) is 0.500. The summed E-state index contributed by atoms with van der Waals surface area (Å²) >= 11 is 3.43. The minimum Gasteiger partial charge on any atom is -0.337 e. The Hall–Kier alpha value is -0.310. The molecule has 0 aromatic carbocycles. The van der Waals surface area contributed by atoms with E-state index in [9.17, 15) is 0 Å². The van der Waals surface area contributed by atoms with Crippen molar-refractivity contribution in [3.63, 3.8) is 0 Å². The monoisotopic (exact) mass is 188 g/mol. The molecule has 0 bridgehead atoms. The van der Waals surface area contributed by atoms with E-state index in [1.54, 1.807) is 6.20 Å². The van der Waals surface area contributed by atoms with Gasteiger partial charge >= 0.3 is 0 Å². The molecule has 0 aliphatic heterocycles.